The molecule has 1 heterocycles. The van der Waals surface area contributed by atoms with Gasteiger partial charge in [-0.2, -0.15) is 0 Å². The minimum Gasteiger partial charge on any atom is -0.497 e. The predicted octanol–water partition coefficient (Wildman–Crippen LogP) is 5.93. The van der Waals surface area contributed by atoms with Crippen molar-refractivity contribution in [3.8, 4) is 16.9 Å². The molecule has 30 heavy (non-hydrogen) atoms. The van der Waals surface area contributed by atoms with Crippen molar-refractivity contribution < 1.29 is 14.3 Å². The molecule has 1 saturated heterocycles. The van der Waals surface area contributed by atoms with Gasteiger partial charge in [0.05, 0.1) is 13.2 Å². The first-order valence-electron chi connectivity index (χ1n) is 10.5. The lowest BCUT2D eigenvalue weighted by Crippen LogP contribution is -2.38. The van der Waals surface area contributed by atoms with Crippen LogP contribution in [0.1, 0.15) is 41.5 Å². The molecule has 3 aromatic rings. The smallest absolute Gasteiger partial charge is 0.410 e. The number of piperidine rings is 1. The fourth-order valence-corrected chi connectivity index (χ4v) is 4.88. The largest absolute Gasteiger partial charge is 0.497 e. The highest BCUT2D eigenvalue weighted by molar-refractivity contribution is 5.75. The van der Waals surface area contributed by atoms with Crippen LogP contribution in [0.5, 0.6) is 5.75 Å². The van der Waals surface area contributed by atoms with E-state index in [1.54, 1.807) is 7.11 Å². The van der Waals surface area contributed by atoms with E-state index in [-0.39, 0.29) is 12.1 Å². The fraction of sp³-hybridized carbons (Fsp3) is 0.269. The molecule has 0 aromatic heterocycles. The summed E-state index contributed by atoms with van der Waals surface area (Å²) in [6, 6.07) is 24.6. The molecule has 0 radical (unpaired) electrons. The van der Waals surface area contributed by atoms with Crippen molar-refractivity contribution in [3.63, 3.8) is 0 Å². The minimum atomic E-state index is -0.223. The van der Waals surface area contributed by atoms with Gasteiger partial charge in [-0.15, -0.1) is 0 Å². The van der Waals surface area contributed by atoms with Gasteiger partial charge in [0.15, 0.2) is 0 Å². The van der Waals surface area contributed by atoms with Gasteiger partial charge < -0.3 is 14.4 Å². The molecule has 2 atom stereocenters. The van der Waals surface area contributed by atoms with E-state index in [9.17, 15) is 4.79 Å². The van der Waals surface area contributed by atoms with E-state index < -0.39 is 0 Å². The summed E-state index contributed by atoms with van der Waals surface area (Å²) >= 11 is 0. The van der Waals surface area contributed by atoms with Gasteiger partial charge in [0.25, 0.3) is 0 Å². The van der Waals surface area contributed by atoms with Crippen LogP contribution in [0.4, 0.5) is 4.79 Å². The maximum Gasteiger partial charge on any atom is 0.410 e. The topological polar surface area (TPSA) is 38.8 Å². The van der Waals surface area contributed by atoms with Gasteiger partial charge in [-0.25, -0.2) is 4.79 Å². The maximum atomic E-state index is 13.0. The van der Waals surface area contributed by atoms with Crippen LogP contribution < -0.4 is 4.74 Å². The van der Waals surface area contributed by atoms with Crippen molar-refractivity contribution in [1.29, 1.82) is 0 Å². The molecule has 0 saturated carbocycles. The molecule has 4 nitrogen and oxygen atoms in total. The standard InChI is InChI=1S/C26H25NO3/c1-29-21-12-10-19(11-13-21)22-8-5-9-23-20-14-15-27(24(16-20)25(22)23)26(28)30-17-18-6-3-2-4-7-18/h2-13,20,24H,14-17H2,1H3/t20?,24-/m1/s1. The van der Waals surface area contributed by atoms with Crippen LogP contribution in [0.15, 0.2) is 72.8 Å². The summed E-state index contributed by atoms with van der Waals surface area (Å²) in [4.78, 5) is 14.9. The van der Waals surface area contributed by atoms with Crippen molar-refractivity contribution in [2.75, 3.05) is 13.7 Å². The molecule has 1 aliphatic carbocycles. The molecular weight excluding hydrogens is 374 g/mol. The summed E-state index contributed by atoms with van der Waals surface area (Å²) in [5, 5.41) is 0. The lowest BCUT2D eigenvalue weighted by atomic mass is 9.94. The van der Waals surface area contributed by atoms with Gasteiger partial charge in [-0.3, -0.25) is 0 Å². The summed E-state index contributed by atoms with van der Waals surface area (Å²) in [6.45, 7) is 1.04. The van der Waals surface area contributed by atoms with Crippen LogP contribution in [-0.4, -0.2) is 24.6 Å². The van der Waals surface area contributed by atoms with Gasteiger partial charge in [0.2, 0.25) is 0 Å². The van der Waals surface area contributed by atoms with Gasteiger partial charge in [0.1, 0.15) is 12.4 Å². The molecule has 2 aliphatic rings. The Hall–Kier alpha value is -3.27. The maximum absolute atomic E-state index is 13.0. The fourth-order valence-electron chi connectivity index (χ4n) is 4.88. The first-order chi connectivity index (χ1) is 14.7. The molecule has 152 valence electrons. The van der Waals surface area contributed by atoms with Gasteiger partial charge in [-0.05, 0) is 58.7 Å². The van der Waals surface area contributed by atoms with E-state index in [1.165, 1.54) is 16.7 Å². The molecule has 0 spiro atoms. The summed E-state index contributed by atoms with van der Waals surface area (Å²) in [5.74, 6) is 1.36. The third kappa shape index (κ3) is 3.32. The number of likely N-dealkylation sites (tertiary alicyclic amines) is 1. The van der Waals surface area contributed by atoms with Crippen LogP contribution in [0.3, 0.4) is 0 Å². The van der Waals surface area contributed by atoms with Crippen LogP contribution in [0.25, 0.3) is 11.1 Å². The Labute approximate surface area is 177 Å². The molecule has 2 bridgehead atoms. The second kappa shape index (κ2) is 7.86. The van der Waals surface area contributed by atoms with Crippen LogP contribution in [0.2, 0.25) is 0 Å². The average molecular weight is 399 g/mol. The van der Waals surface area contributed by atoms with Crippen molar-refractivity contribution in [1.82, 2.24) is 4.90 Å². The summed E-state index contributed by atoms with van der Waals surface area (Å²) < 4.78 is 11.0. The van der Waals surface area contributed by atoms with Crippen molar-refractivity contribution in [2.45, 2.75) is 31.4 Å². The van der Waals surface area contributed by atoms with E-state index in [1.807, 2.05) is 47.4 Å². The lowest BCUT2D eigenvalue weighted by Gasteiger charge is -2.33. The zero-order valence-electron chi connectivity index (χ0n) is 17.1. The summed E-state index contributed by atoms with van der Waals surface area (Å²) in [5.41, 5.74) is 6.02. The van der Waals surface area contributed by atoms with E-state index >= 15 is 0 Å². The Bertz CT molecular complexity index is 1050. The number of hydrogen-bond donors (Lipinski definition) is 0. The van der Waals surface area contributed by atoms with E-state index in [4.69, 9.17) is 9.47 Å². The SMILES string of the molecule is COc1ccc(-c2cccc3c2[C@H]2CC3CCN2C(=O)OCc2ccccc2)cc1. The van der Waals surface area contributed by atoms with E-state index in [0.717, 1.165) is 36.3 Å². The quantitative estimate of drug-likeness (QED) is 0.545. The molecule has 3 aromatic carbocycles. The number of ether oxygens (including phenoxy) is 2. The number of carbonyl (C=O) groups excluding carboxylic acids is 1. The Morgan fingerprint density at radius 2 is 1.80 bits per heavy atom. The third-order valence-electron chi connectivity index (χ3n) is 6.36. The molecule has 5 rings (SSSR count). The van der Waals surface area contributed by atoms with Crippen LogP contribution in [0, 0.1) is 0 Å². The second-order valence-corrected chi connectivity index (χ2v) is 8.01. The molecule has 1 amide bonds. The van der Waals surface area contributed by atoms with Gasteiger partial charge >= 0.3 is 6.09 Å². The number of methoxy groups -OCH3 is 1. The number of fused-ring (bicyclic) bond motifs is 5. The van der Waals surface area contributed by atoms with Gasteiger partial charge in [0, 0.05) is 6.54 Å². The zero-order chi connectivity index (χ0) is 20.5. The Balaban J connectivity index is 1.43. The number of nitrogens with zero attached hydrogens (tertiary/aromatic N) is 1. The number of rotatable bonds is 4. The molecular formula is C26H25NO3. The Morgan fingerprint density at radius 3 is 2.57 bits per heavy atom. The molecule has 1 fully saturated rings. The molecule has 1 unspecified atom stereocenters. The Morgan fingerprint density at radius 1 is 1.00 bits per heavy atom. The van der Waals surface area contributed by atoms with Crippen molar-refractivity contribution in [2.24, 2.45) is 0 Å². The lowest BCUT2D eigenvalue weighted by molar-refractivity contribution is 0.0695. The van der Waals surface area contributed by atoms with E-state index in [2.05, 4.69) is 30.3 Å². The highest BCUT2D eigenvalue weighted by Crippen LogP contribution is 2.52. The minimum absolute atomic E-state index is 0.0697. The zero-order valence-corrected chi connectivity index (χ0v) is 17.1. The summed E-state index contributed by atoms with van der Waals surface area (Å²) in [6.07, 6.45) is 1.73. The molecule has 0 N–H and O–H groups in total. The second-order valence-electron chi connectivity index (χ2n) is 8.01. The number of hydrogen-bond acceptors (Lipinski definition) is 3. The van der Waals surface area contributed by atoms with Crippen molar-refractivity contribution in [3.05, 3.63) is 89.5 Å². The van der Waals surface area contributed by atoms with Crippen LogP contribution in [-0.2, 0) is 11.3 Å². The average Bonchev–Trinajstić information content (AvgIpc) is 3.10. The highest BCUT2D eigenvalue weighted by Gasteiger charge is 2.42. The first-order valence-corrected chi connectivity index (χ1v) is 10.5. The monoisotopic (exact) mass is 399 g/mol. The third-order valence-corrected chi connectivity index (χ3v) is 6.36. The molecule has 4 heteroatoms. The first kappa shape index (κ1) is 18.7. The van der Waals surface area contributed by atoms with Crippen LogP contribution >= 0.6 is 0 Å². The number of carbonyl (C=O) groups is 1. The highest BCUT2D eigenvalue weighted by atomic mass is 16.6. The molecule has 1 aliphatic heterocycles. The predicted molar refractivity (Wildman–Crippen MR) is 116 cm³/mol. The van der Waals surface area contributed by atoms with Crippen molar-refractivity contribution >= 4 is 6.09 Å². The Kier molecular flexibility index (Phi) is 4.91. The summed E-state index contributed by atoms with van der Waals surface area (Å²) in [7, 11) is 1.68. The number of benzene rings is 3. The van der Waals surface area contributed by atoms with Gasteiger partial charge in [-0.1, -0.05) is 60.7 Å². The normalized spacial score (nSPS) is 19.3. The number of amides is 1. The van der Waals surface area contributed by atoms with E-state index in [0.29, 0.717) is 12.5 Å².